The van der Waals surface area contributed by atoms with E-state index in [0.29, 0.717) is 0 Å². The molecular weight excluding hydrogens is 448 g/mol. The largest absolute Gasteiger partial charge is 0.464 e. The van der Waals surface area contributed by atoms with Crippen molar-refractivity contribution >= 4 is 17.9 Å². The third-order valence-electron chi connectivity index (χ3n) is 5.39. The molecule has 10 nitrogen and oxygen atoms in total. The van der Waals surface area contributed by atoms with Crippen LogP contribution in [0.3, 0.4) is 0 Å². The van der Waals surface area contributed by atoms with Crippen molar-refractivity contribution in [3.63, 3.8) is 0 Å². The van der Waals surface area contributed by atoms with Gasteiger partial charge in [-0.1, -0.05) is 30.3 Å². The monoisotopic (exact) mass is 482 g/mol. The van der Waals surface area contributed by atoms with E-state index in [9.17, 15) is 14.4 Å². The molecule has 1 aromatic rings. The molecule has 10 heteroatoms. The van der Waals surface area contributed by atoms with Gasteiger partial charge >= 0.3 is 17.9 Å². The molecule has 0 spiro atoms. The van der Waals surface area contributed by atoms with Crippen LogP contribution < -0.4 is 0 Å². The zero-order valence-corrected chi connectivity index (χ0v) is 20.3. The van der Waals surface area contributed by atoms with Crippen molar-refractivity contribution in [3.8, 4) is 0 Å². The van der Waals surface area contributed by atoms with Crippen molar-refractivity contribution in [2.45, 2.75) is 70.4 Å². The van der Waals surface area contributed by atoms with Crippen molar-refractivity contribution in [3.05, 3.63) is 35.9 Å². The van der Waals surface area contributed by atoms with Crippen LogP contribution in [0, 0.1) is 0 Å². The van der Waals surface area contributed by atoms with Crippen LogP contribution >= 0.6 is 0 Å². The number of methoxy groups -OCH3 is 2. The molecule has 0 saturated carbocycles. The molecule has 0 aromatic heterocycles. The van der Waals surface area contributed by atoms with Crippen LogP contribution in [-0.2, 0) is 54.1 Å². The fourth-order valence-corrected chi connectivity index (χ4v) is 3.82. The number of rotatable bonds is 12. The molecule has 0 radical (unpaired) electrons. The molecule has 1 aromatic carbocycles. The summed E-state index contributed by atoms with van der Waals surface area (Å²) in [6.45, 7) is 4.49. The van der Waals surface area contributed by atoms with Gasteiger partial charge in [-0.25, -0.2) is 4.79 Å². The fourth-order valence-electron chi connectivity index (χ4n) is 3.82. The highest BCUT2D eigenvalue weighted by Gasteiger charge is 2.50. The van der Waals surface area contributed by atoms with E-state index in [1.807, 2.05) is 30.3 Å². The van der Waals surface area contributed by atoms with Gasteiger partial charge in [-0.2, -0.15) is 0 Å². The highest BCUT2D eigenvalue weighted by Crippen LogP contribution is 2.36. The van der Waals surface area contributed by atoms with Crippen LogP contribution in [0.25, 0.3) is 0 Å². The number of esters is 3. The Morgan fingerprint density at radius 2 is 1.68 bits per heavy atom. The van der Waals surface area contributed by atoms with Crippen molar-refractivity contribution in [1.82, 2.24) is 0 Å². The Bertz CT molecular complexity index is 792. The highest BCUT2D eigenvalue weighted by atomic mass is 16.7. The minimum absolute atomic E-state index is 0.0743. The minimum Gasteiger partial charge on any atom is -0.464 e. The van der Waals surface area contributed by atoms with Gasteiger partial charge in [0.2, 0.25) is 0 Å². The Kier molecular flexibility index (Phi) is 10.9. The Hall–Kier alpha value is -2.53. The van der Waals surface area contributed by atoms with Gasteiger partial charge in [0.25, 0.3) is 0 Å². The first-order valence-corrected chi connectivity index (χ1v) is 11.1. The molecule has 0 bridgehead atoms. The summed E-state index contributed by atoms with van der Waals surface area (Å²) >= 11 is 0. The summed E-state index contributed by atoms with van der Waals surface area (Å²) in [6, 6.07) is 9.43. The van der Waals surface area contributed by atoms with E-state index in [-0.39, 0.29) is 32.7 Å². The summed E-state index contributed by atoms with van der Waals surface area (Å²) in [5.41, 5.74) is 0.919. The van der Waals surface area contributed by atoms with Gasteiger partial charge < -0.3 is 33.2 Å². The minimum atomic E-state index is -1.20. The van der Waals surface area contributed by atoms with Gasteiger partial charge in [-0.15, -0.1) is 0 Å². The molecule has 0 N–H and O–H groups in total. The van der Waals surface area contributed by atoms with Crippen LogP contribution in [0.4, 0.5) is 0 Å². The fraction of sp³-hybridized carbons (Fsp3) is 0.625. The quantitative estimate of drug-likeness (QED) is 0.249. The third kappa shape index (κ3) is 8.05. The van der Waals surface area contributed by atoms with Crippen molar-refractivity contribution in [2.75, 3.05) is 27.4 Å². The number of carbonyl (C=O) groups excluding carboxylic acids is 3. The molecule has 1 heterocycles. The topological polar surface area (TPSA) is 116 Å². The van der Waals surface area contributed by atoms with Gasteiger partial charge in [0.05, 0.1) is 19.8 Å². The van der Waals surface area contributed by atoms with E-state index in [1.165, 1.54) is 28.1 Å². The average Bonchev–Trinajstić information content (AvgIpc) is 2.82. The summed E-state index contributed by atoms with van der Waals surface area (Å²) in [6.07, 6.45) is -3.90. The Morgan fingerprint density at radius 3 is 2.24 bits per heavy atom. The van der Waals surface area contributed by atoms with Crippen LogP contribution in [0.1, 0.15) is 39.2 Å². The maximum Gasteiger partial charge on any atom is 0.335 e. The lowest BCUT2D eigenvalue weighted by atomic mass is 9.91. The summed E-state index contributed by atoms with van der Waals surface area (Å²) in [5.74, 6) is -3.01. The molecule has 0 aliphatic carbocycles. The Morgan fingerprint density at radius 1 is 1.03 bits per heavy atom. The first-order valence-electron chi connectivity index (χ1n) is 11.1. The molecule has 190 valence electrons. The summed E-state index contributed by atoms with van der Waals surface area (Å²) < 4.78 is 39.1. The first kappa shape index (κ1) is 27.7. The number of carbonyl (C=O) groups is 3. The van der Waals surface area contributed by atoms with Gasteiger partial charge in [-0.3, -0.25) is 9.59 Å². The lowest BCUT2D eigenvalue weighted by Crippen LogP contribution is -2.57. The number of hydrogen-bond donors (Lipinski definition) is 0. The zero-order valence-electron chi connectivity index (χ0n) is 20.3. The Labute approximate surface area is 199 Å². The Balaban J connectivity index is 2.29. The van der Waals surface area contributed by atoms with E-state index in [4.69, 9.17) is 33.2 Å². The lowest BCUT2D eigenvalue weighted by Gasteiger charge is -2.44. The van der Waals surface area contributed by atoms with E-state index >= 15 is 0 Å². The third-order valence-corrected chi connectivity index (χ3v) is 5.39. The molecule has 0 amide bonds. The first-order chi connectivity index (χ1) is 16.2. The van der Waals surface area contributed by atoms with Crippen LogP contribution in [-0.4, -0.2) is 75.5 Å². The normalized spacial score (nSPS) is 21.2. The van der Waals surface area contributed by atoms with Crippen molar-refractivity contribution in [2.24, 2.45) is 0 Å². The summed E-state index contributed by atoms with van der Waals surface area (Å²) in [7, 11) is 2.89. The molecule has 4 atom stereocenters. The summed E-state index contributed by atoms with van der Waals surface area (Å²) in [5, 5.41) is 0. The zero-order chi connectivity index (χ0) is 25.1. The molecule has 2 rings (SSSR count). The van der Waals surface area contributed by atoms with Gasteiger partial charge in [0.15, 0.2) is 24.1 Å². The molecule has 1 aliphatic rings. The standard InChI is InChI=1S/C24H34O10/c1-6-31-23(27)20-13-24(28-4,29-5)12-19(34-20)22(33-17(3)26)21(32-16(2)25)15-30-14-18-10-8-7-9-11-18/h7-11,19-22H,6,12-15H2,1-5H3/t19-,20+,21+,22+/m1/s1. The maximum absolute atomic E-state index is 12.5. The number of benzene rings is 1. The van der Waals surface area contributed by atoms with Crippen molar-refractivity contribution in [1.29, 1.82) is 0 Å². The second-order valence-corrected chi connectivity index (χ2v) is 7.87. The number of hydrogen-bond acceptors (Lipinski definition) is 10. The van der Waals surface area contributed by atoms with E-state index in [1.54, 1.807) is 6.92 Å². The van der Waals surface area contributed by atoms with Crippen LogP contribution in [0.5, 0.6) is 0 Å². The predicted molar refractivity (Wildman–Crippen MR) is 118 cm³/mol. The summed E-state index contributed by atoms with van der Waals surface area (Å²) in [4.78, 5) is 36.4. The number of ether oxygens (including phenoxy) is 7. The average molecular weight is 483 g/mol. The molecule has 0 unspecified atom stereocenters. The molecule has 34 heavy (non-hydrogen) atoms. The van der Waals surface area contributed by atoms with Gasteiger partial charge in [0, 0.05) is 40.9 Å². The smallest absolute Gasteiger partial charge is 0.335 e. The highest BCUT2D eigenvalue weighted by molar-refractivity contribution is 5.75. The lowest BCUT2D eigenvalue weighted by molar-refractivity contribution is -0.288. The van der Waals surface area contributed by atoms with Crippen LogP contribution in [0.2, 0.25) is 0 Å². The SMILES string of the molecule is CCOC(=O)[C@@H]1CC(OC)(OC)C[C@H]([C@H](OC(C)=O)[C@H](COCc2ccccc2)OC(C)=O)O1. The maximum atomic E-state index is 12.5. The van der Waals surface area contributed by atoms with Gasteiger partial charge in [-0.05, 0) is 12.5 Å². The second-order valence-electron chi connectivity index (χ2n) is 7.87. The molecule has 1 aliphatic heterocycles. The molecule has 1 saturated heterocycles. The molecule has 1 fully saturated rings. The molecular formula is C24H34O10. The van der Waals surface area contributed by atoms with Gasteiger partial charge in [0.1, 0.15) is 6.10 Å². The van der Waals surface area contributed by atoms with Crippen molar-refractivity contribution < 1.29 is 47.5 Å². The predicted octanol–water partition coefficient (Wildman–Crippen LogP) is 2.17. The van der Waals surface area contributed by atoms with E-state index in [0.717, 1.165) is 5.56 Å². The van der Waals surface area contributed by atoms with Crippen LogP contribution in [0.15, 0.2) is 30.3 Å². The van der Waals surface area contributed by atoms with E-state index in [2.05, 4.69) is 0 Å². The second kappa shape index (κ2) is 13.4. The van der Waals surface area contributed by atoms with E-state index < -0.39 is 48.1 Å².